The average Bonchev–Trinajstić information content (AvgIpc) is 2.44. The lowest BCUT2D eigenvalue weighted by atomic mass is 10.2. The van der Waals surface area contributed by atoms with Crippen molar-refractivity contribution in [1.82, 2.24) is 14.9 Å². The largest absolute Gasteiger partial charge is 0.379 e. The second kappa shape index (κ2) is 6.85. The molecule has 1 saturated heterocycles. The Hall–Kier alpha value is -1.40. The van der Waals surface area contributed by atoms with Crippen LogP contribution < -0.4 is 10.2 Å². The Morgan fingerprint density at radius 2 is 1.90 bits per heavy atom. The quantitative estimate of drug-likeness (QED) is 0.864. The average molecular weight is 279 g/mol. The summed E-state index contributed by atoms with van der Waals surface area (Å²) in [5.41, 5.74) is 2.15. The Labute approximate surface area is 121 Å². The zero-order valence-corrected chi connectivity index (χ0v) is 12.9. The molecule has 0 unspecified atom stereocenters. The fraction of sp³-hybridized carbons (Fsp3) is 0.714. The van der Waals surface area contributed by atoms with Gasteiger partial charge in [0, 0.05) is 51.5 Å². The number of aryl methyl sites for hydroxylation is 1. The summed E-state index contributed by atoms with van der Waals surface area (Å²) >= 11 is 0. The van der Waals surface area contributed by atoms with E-state index in [2.05, 4.69) is 27.1 Å². The van der Waals surface area contributed by atoms with Crippen molar-refractivity contribution >= 4 is 11.8 Å². The van der Waals surface area contributed by atoms with E-state index in [1.165, 1.54) is 0 Å². The van der Waals surface area contributed by atoms with Crippen molar-refractivity contribution < 1.29 is 4.74 Å². The predicted octanol–water partition coefficient (Wildman–Crippen LogP) is 0.904. The molecule has 0 spiro atoms. The van der Waals surface area contributed by atoms with Crippen LogP contribution in [0, 0.1) is 13.8 Å². The number of ether oxygens (including phenoxy) is 1. The number of morpholine rings is 1. The Bertz CT molecular complexity index is 443. The third-order valence-electron chi connectivity index (χ3n) is 3.60. The highest BCUT2D eigenvalue weighted by Gasteiger charge is 2.11. The first kappa shape index (κ1) is 15.0. The van der Waals surface area contributed by atoms with Crippen molar-refractivity contribution in [1.29, 1.82) is 0 Å². The van der Waals surface area contributed by atoms with E-state index < -0.39 is 0 Å². The number of aromatic nitrogens is 2. The Kier molecular flexibility index (Phi) is 5.14. The van der Waals surface area contributed by atoms with Gasteiger partial charge in [-0.15, -0.1) is 0 Å². The topological polar surface area (TPSA) is 53.5 Å². The van der Waals surface area contributed by atoms with E-state index in [0.29, 0.717) is 0 Å². The van der Waals surface area contributed by atoms with Gasteiger partial charge >= 0.3 is 0 Å². The fourth-order valence-electron chi connectivity index (χ4n) is 2.14. The molecule has 1 fully saturated rings. The molecule has 0 atom stereocenters. The van der Waals surface area contributed by atoms with Crippen LogP contribution in [0.2, 0.25) is 0 Å². The molecule has 1 aliphatic heterocycles. The van der Waals surface area contributed by atoms with Crippen LogP contribution in [-0.4, -0.2) is 68.4 Å². The van der Waals surface area contributed by atoms with E-state index in [1.807, 2.05) is 25.9 Å². The lowest BCUT2D eigenvalue weighted by molar-refractivity contribution is 0.0398. The van der Waals surface area contributed by atoms with Crippen LogP contribution in [0.1, 0.15) is 11.3 Å². The third kappa shape index (κ3) is 3.80. The molecule has 1 aliphatic rings. The molecule has 1 aromatic rings. The molecule has 0 amide bonds. The smallest absolute Gasteiger partial charge is 0.227 e. The Morgan fingerprint density at radius 1 is 1.20 bits per heavy atom. The molecule has 2 heterocycles. The van der Waals surface area contributed by atoms with Crippen molar-refractivity contribution in [3.8, 4) is 0 Å². The summed E-state index contributed by atoms with van der Waals surface area (Å²) < 4.78 is 5.35. The van der Waals surface area contributed by atoms with Gasteiger partial charge in [-0.25, -0.2) is 4.98 Å². The Balaban J connectivity index is 1.94. The minimum atomic E-state index is 0.752. The highest BCUT2D eigenvalue weighted by Crippen LogP contribution is 2.17. The van der Waals surface area contributed by atoms with Crippen molar-refractivity contribution in [2.24, 2.45) is 0 Å². The van der Waals surface area contributed by atoms with Gasteiger partial charge < -0.3 is 15.0 Å². The first-order chi connectivity index (χ1) is 9.58. The van der Waals surface area contributed by atoms with Gasteiger partial charge in [-0.3, -0.25) is 4.90 Å². The molecule has 6 nitrogen and oxygen atoms in total. The van der Waals surface area contributed by atoms with Crippen LogP contribution >= 0.6 is 0 Å². The van der Waals surface area contributed by atoms with Crippen molar-refractivity contribution in [2.45, 2.75) is 13.8 Å². The summed E-state index contributed by atoms with van der Waals surface area (Å²) in [6.45, 7) is 9.72. The minimum absolute atomic E-state index is 0.752. The third-order valence-corrected chi connectivity index (χ3v) is 3.60. The zero-order valence-electron chi connectivity index (χ0n) is 12.9. The number of hydrogen-bond acceptors (Lipinski definition) is 6. The van der Waals surface area contributed by atoms with E-state index in [1.54, 1.807) is 0 Å². The highest BCUT2D eigenvalue weighted by molar-refractivity contribution is 5.50. The second-order valence-corrected chi connectivity index (χ2v) is 5.36. The SMILES string of the molecule is Cc1nc(N(C)C)nc(NCCN2CCOCC2)c1C. The molecular weight excluding hydrogens is 254 g/mol. The highest BCUT2D eigenvalue weighted by atomic mass is 16.5. The summed E-state index contributed by atoms with van der Waals surface area (Å²) in [6.07, 6.45) is 0. The molecule has 2 rings (SSSR count). The molecule has 0 aromatic carbocycles. The van der Waals surface area contributed by atoms with Crippen LogP contribution in [0.3, 0.4) is 0 Å². The van der Waals surface area contributed by atoms with Crippen LogP contribution in [0.25, 0.3) is 0 Å². The Morgan fingerprint density at radius 3 is 2.55 bits per heavy atom. The molecule has 1 N–H and O–H groups in total. The summed E-state index contributed by atoms with van der Waals surface area (Å²) in [6, 6.07) is 0. The van der Waals surface area contributed by atoms with Gasteiger partial charge in [0.2, 0.25) is 5.95 Å². The number of nitrogens with one attached hydrogen (secondary N) is 1. The van der Waals surface area contributed by atoms with Gasteiger partial charge in [0.1, 0.15) is 5.82 Å². The van der Waals surface area contributed by atoms with E-state index in [0.717, 1.165) is 62.4 Å². The van der Waals surface area contributed by atoms with E-state index in [9.17, 15) is 0 Å². The van der Waals surface area contributed by atoms with Gasteiger partial charge in [-0.2, -0.15) is 4.98 Å². The molecule has 6 heteroatoms. The monoisotopic (exact) mass is 279 g/mol. The van der Waals surface area contributed by atoms with Gasteiger partial charge in [0.25, 0.3) is 0 Å². The fourth-order valence-corrected chi connectivity index (χ4v) is 2.14. The first-order valence-corrected chi connectivity index (χ1v) is 7.14. The van der Waals surface area contributed by atoms with E-state index >= 15 is 0 Å². The first-order valence-electron chi connectivity index (χ1n) is 7.14. The lowest BCUT2D eigenvalue weighted by Gasteiger charge is -2.26. The normalized spacial score (nSPS) is 16.2. The number of anilines is 2. The lowest BCUT2D eigenvalue weighted by Crippen LogP contribution is -2.39. The number of rotatable bonds is 5. The van der Waals surface area contributed by atoms with Crippen molar-refractivity contribution in [2.75, 3.05) is 63.7 Å². The maximum absolute atomic E-state index is 5.35. The molecule has 0 saturated carbocycles. The van der Waals surface area contributed by atoms with Crippen LogP contribution in [0.5, 0.6) is 0 Å². The maximum atomic E-state index is 5.35. The molecule has 20 heavy (non-hydrogen) atoms. The van der Waals surface area contributed by atoms with Crippen LogP contribution in [0.15, 0.2) is 0 Å². The van der Waals surface area contributed by atoms with Crippen LogP contribution in [0.4, 0.5) is 11.8 Å². The van der Waals surface area contributed by atoms with Gasteiger partial charge in [0.15, 0.2) is 0 Å². The number of nitrogens with zero attached hydrogens (tertiary/aromatic N) is 4. The molecule has 1 aromatic heterocycles. The van der Waals surface area contributed by atoms with Gasteiger partial charge in [-0.05, 0) is 13.8 Å². The predicted molar refractivity (Wildman–Crippen MR) is 81.6 cm³/mol. The van der Waals surface area contributed by atoms with Gasteiger partial charge in [-0.1, -0.05) is 0 Å². The van der Waals surface area contributed by atoms with Crippen molar-refractivity contribution in [3.05, 3.63) is 11.3 Å². The molecule has 0 aliphatic carbocycles. The summed E-state index contributed by atoms with van der Waals surface area (Å²) in [7, 11) is 3.92. The molecular formula is C14H25N5O. The maximum Gasteiger partial charge on any atom is 0.227 e. The molecule has 0 radical (unpaired) electrons. The second-order valence-electron chi connectivity index (χ2n) is 5.36. The summed E-state index contributed by atoms with van der Waals surface area (Å²) in [5, 5.41) is 3.44. The standard InChI is InChI=1S/C14H25N5O/c1-11-12(2)16-14(18(3)4)17-13(11)15-5-6-19-7-9-20-10-8-19/h5-10H2,1-4H3,(H,15,16,17). The summed E-state index contributed by atoms with van der Waals surface area (Å²) in [5.74, 6) is 1.69. The summed E-state index contributed by atoms with van der Waals surface area (Å²) in [4.78, 5) is 13.4. The molecule has 112 valence electrons. The van der Waals surface area contributed by atoms with Crippen LogP contribution in [-0.2, 0) is 4.74 Å². The van der Waals surface area contributed by atoms with E-state index in [-0.39, 0.29) is 0 Å². The van der Waals surface area contributed by atoms with Gasteiger partial charge in [0.05, 0.1) is 13.2 Å². The zero-order chi connectivity index (χ0) is 14.5. The van der Waals surface area contributed by atoms with E-state index in [4.69, 9.17) is 4.74 Å². The molecule has 0 bridgehead atoms. The number of hydrogen-bond donors (Lipinski definition) is 1. The minimum Gasteiger partial charge on any atom is -0.379 e. The van der Waals surface area contributed by atoms with Crippen molar-refractivity contribution in [3.63, 3.8) is 0 Å².